The Morgan fingerprint density at radius 2 is 1.83 bits per heavy atom. The fraction of sp³-hybridized carbons (Fsp3) is 0.579. The first-order valence-corrected chi connectivity index (χ1v) is 8.76. The second-order valence-corrected chi connectivity index (χ2v) is 5.74. The number of hydrogen-bond acceptors (Lipinski definition) is 4. The van der Waals surface area contributed by atoms with Gasteiger partial charge in [0.25, 0.3) is 5.91 Å². The molecule has 134 valence electrons. The number of hydrogen-bond donors (Lipinski definition) is 1. The van der Waals surface area contributed by atoms with Crippen molar-refractivity contribution in [3.8, 4) is 0 Å². The summed E-state index contributed by atoms with van der Waals surface area (Å²) in [5.74, 6) is -0.751. The molecule has 1 amide bonds. The van der Waals surface area contributed by atoms with Crippen LogP contribution in [0, 0.1) is 0 Å². The molecule has 0 fully saturated rings. The van der Waals surface area contributed by atoms with E-state index in [1.807, 2.05) is 19.1 Å². The minimum atomic E-state index is -0.816. The molecule has 1 rings (SSSR count). The summed E-state index contributed by atoms with van der Waals surface area (Å²) in [5.41, 5.74) is 1.64. The average Bonchev–Trinajstić information content (AvgIpc) is 2.62. The number of ether oxygens (including phenoxy) is 1. The van der Waals surface area contributed by atoms with Gasteiger partial charge < -0.3 is 14.7 Å². The molecule has 0 saturated heterocycles. The maximum Gasteiger partial charge on any atom is 0.338 e. The van der Waals surface area contributed by atoms with Crippen LogP contribution < -0.4 is 0 Å². The van der Waals surface area contributed by atoms with Crippen LogP contribution in [0.15, 0.2) is 24.3 Å². The minimum absolute atomic E-state index is 0.108. The third-order valence-corrected chi connectivity index (χ3v) is 3.97. The summed E-state index contributed by atoms with van der Waals surface area (Å²) in [6.45, 7) is 6.38. The standard InChI is InChI=1S/C19H29NO4/c1-4-7-8-15-9-11-16(12-10-15)19(23)24-17(5-2)18(22)20(6-3)13-14-21/h9-12,17,21H,4-8,13-14H2,1-3H3. The van der Waals surface area contributed by atoms with Gasteiger partial charge in [0.2, 0.25) is 0 Å². The van der Waals surface area contributed by atoms with Crippen molar-refractivity contribution in [2.45, 2.75) is 52.6 Å². The zero-order valence-corrected chi connectivity index (χ0v) is 15.0. The molecule has 1 aromatic rings. The Hall–Kier alpha value is -1.88. The minimum Gasteiger partial charge on any atom is -0.449 e. The van der Waals surface area contributed by atoms with Crippen LogP contribution >= 0.6 is 0 Å². The summed E-state index contributed by atoms with van der Waals surface area (Å²) in [5, 5.41) is 9.02. The molecule has 1 N–H and O–H groups in total. The Bertz CT molecular complexity index is 513. The molecule has 1 atom stereocenters. The van der Waals surface area contributed by atoms with Gasteiger partial charge in [-0.05, 0) is 43.9 Å². The normalized spacial score (nSPS) is 11.8. The van der Waals surface area contributed by atoms with Crippen molar-refractivity contribution in [3.05, 3.63) is 35.4 Å². The highest BCUT2D eigenvalue weighted by atomic mass is 16.5. The number of carbonyl (C=O) groups is 2. The summed E-state index contributed by atoms with van der Waals surface area (Å²) in [7, 11) is 0. The third kappa shape index (κ3) is 5.96. The van der Waals surface area contributed by atoms with Crippen molar-refractivity contribution in [2.75, 3.05) is 19.7 Å². The van der Waals surface area contributed by atoms with Crippen LogP contribution in [0.1, 0.15) is 56.0 Å². The van der Waals surface area contributed by atoms with Crippen LogP contribution in [0.25, 0.3) is 0 Å². The summed E-state index contributed by atoms with van der Waals surface area (Å²) in [6.07, 6.45) is 2.83. The number of esters is 1. The van der Waals surface area contributed by atoms with E-state index in [0.29, 0.717) is 18.5 Å². The number of carbonyl (C=O) groups excluding carboxylic acids is 2. The van der Waals surface area contributed by atoms with Crippen LogP contribution in [-0.4, -0.2) is 47.7 Å². The Morgan fingerprint density at radius 3 is 2.33 bits per heavy atom. The number of benzene rings is 1. The lowest BCUT2D eigenvalue weighted by atomic mass is 10.1. The van der Waals surface area contributed by atoms with Gasteiger partial charge in [-0.25, -0.2) is 4.79 Å². The molecule has 0 aliphatic carbocycles. The summed E-state index contributed by atoms with van der Waals surface area (Å²) in [4.78, 5) is 26.1. The summed E-state index contributed by atoms with van der Waals surface area (Å²) >= 11 is 0. The van der Waals surface area contributed by atoms with Gasteiger partial charge in [0.05, 0.1) is 12.2 Å². The van der Waals surface area contributed by atoms with Crippen LogP contribution in [-0.2, 0) is 16.0 Å². The third-order valence-electron chi connectivity index (χ3n) is 3.97. The number of likely N-dealkylation sites (N-methyl/N-ethyl adjacent to an activating group) is 1. The summed E-state index contributed by atoms with van der Waals surface area (Å²) < 4.78 is 5.39. The second-order valence-electron chi connectivity index (χ2n) is 5.74. The van der Waals surface area contributed by atoms with Gasteiger partial charge in [0, 0.05) is 13.1 Å². The van der Waals surface area contributed by atoms with Gasteiger partial charge in [-0.2, -0.15) is 0 Å². The van der Waals surface area contributed by atoms with Gasteiger partial charge in [0.1, 0.15) is 0 Å². The van der Waals surface area contributed by atoms with Crippen molar-refractivity contribution in [2.24, 2.45) is 0 Å². The molecule has 0 aliphatic rings. The maximum atomic E-state index is 12.4. The van der Waals surface area contributed by atoms with Gasteiger partial charge in [-0.3, -0.25) is 4.79 Å². The van der Waals surface area contributed by atoms with Crippen LogP contribution in [0.4, 0.5) is 0 Å². The number of aryl methyl sites for hydroxylation is 1. The molecule has 24 heavy (non-hydrogen) atoms. The van der Waals surface area contributed by atoms with E-state index in [2.05, 4.69) is 6.92 Å². The largest absolute Gasteiger partial charge is 0.449 e. The number of aliphatic hydroxyl groups is 1. The first kappa shape index (κ1) is 20.2. The Labute approximate surface area is 144 Å². The fourth-order valence-corrected chi connectivity index (χ4v) is 2.44. The molecule has 5 nitrogen and oxygen atoms in total. The second kappa shape index (κ2) is 10.8. The zero-order chi connectivity index (χ0) is 17.9. The predicted molar refractivity (Wildman–Crippen MR) is 93.9 cm³/mol. The van der Waals surface area contributed by atoms with Crippen LogP contribution in [0.2, 0.25) is 0 Å². The lowest BCUT2D eigenvalue weighted by Crippen LogP contribution is -2.42. The predicted octanol–water partition coefficient (Wildman–Crippen LogP) is 2.81. The van der Waals surface area contributed by atoms with E-state index in [9.17, 15) is 9.59 Å². The van der Waals surface area contributed by atoms with E-state index >= 15 is 0 Å². The number of rotatable bonds is 10. The Morgan fingerprint density at radius 1 is 1.17 bits per heavy atom. The molecule has 0 aliphatic heterocycles. The number of unbranched alkanes of at least 4 members (excludes halogenated alkanes) is 1. The quantitative estimate of drug-likeness (QED) is 0.668. The monoisotopic (exact) mass is 335 g/mol. The lowest BCUT2D eigenvalue weighted by molar-refractivity contribution is -0.141. The molecule has 0 radical (unpaired) electrons. The molecule has 0 spiro atoms. The van der Waals surface area contributed by atoms with Gasteiger partial charge in [0.15, 0.2) is 6.10 Å². The first-order chi connectivity index (χ1) is 11.6. The lowest BCUT2D eigenvalue weighted by Gasteiger charge is -2.25. The van der Waals surface area contributed by atoms with Crippen molar-refractivity contribution in [1.82, 2.24) is 4.90 Å². The molecule has 5 heteroatoms. The van der Waals surface area contributed by atoms with E-state index in [1.165, 1.54) is 10.5 Å². The number of aliphatic hydroxyl groups excluding tert-OH is 1. The zero-order valence-electron chi connectivity index (χ0n) is 15.0. The van der Waals surface area contributed by atoms with Crippen LogP contribution in [0.3, 0.4) is 0 Å². The highest BCUT2D eigenvalue weighted by Crippen LogP contribution is 2.12. The SMILES string of the molecule is CCCCc1ccc(C(=O)OC(CC)C(=O)N(CC)CCO)cc1. The summed E-state index contributed by atoms with van der Waals surface area (Å²) in [6, 6.07) is 7.35. The topological polar surface area (TPSA) is 66.8 Å². The van der Waals surface area contributed by atoms with Crippen molar-refractivity contribution in [3.63, 3.8) is 0 Å². The molecular weight excluding hydrogens is 306 g/mol. The fourth-order valence-electron chi connectivity index (χ4n) is 2.44. The average molecular weight is 335 g/mol. The highest BCUT2D eigenvalue weighted by molar-refractivity contribution is 5.92. The van der Waals surface area contributed by atoms with E-state index in [4.69, 9.17) is 9.84 Å². The molecule has 1 unspecified atom stereocenters. The smallest absolute Gasteiger partial charge is 0.338 e. The van der Waals surface area contributed by atoms with E-state index in [-0.39, 0.29) is 19.1 Å². The number of amides is 1. The molecule has 0 saturated carbocycles. The van der Waals surface area contributed by atoms with Crippen molar-refractivity contribution < 1.29 is 19.4 Å². The molecule has 0 bridgehead atoms. The molecule has 1 aromatic carbocycles. The van der Waals surface area contributed by atoms with Crippen LogP contribution in [0.5, 0.6) is 0 Å². The Kier molecular flexibility index (Phi) is 9.08. The van der Waals surface area contributed by atoms with E-state index in [0.717, 1.165) is 19.3 Å². The molecule has 0 aromatic heterocycles. The van der Waals surface area contributed by atoms with Crippen molar-refractivity contribution >= 4 is 11.9 Å². The van der Waals surface area contributed by atoms with Crippen molar-refractivity contribution in [1.29, 1.82) is 0 Å². The number of nitrogens with zero attached hydrogens (tertiary/aromatic N) is 1. The van der Waals surface area contributed by atoms with E-state index < -0.39 is 12.1 Å². The van der Waals surface area contributed by atoms with E-state index in [1.54, 1.807) is 19.1 Å². The van der Waals surface area contributed by atoms with Gasteiger partial charge in [-0.1, -0.05) is 32.4 Å². The van der Waals surface area contributed by atoms with Gasteiger partial charge in [-0.15, -0.1) is 0 Å². The first-order valence-electron chi connectivity index (χ1n) is 8.76. The highest BCUT2D eigenvalue weighted by Gasteiger charge is 2.25. The molecular formula is C19H29NO4. The van der Waals surface area contributed by atoms with Gasteiger partial charge >= 0.3 is 5.97 Å². The maximum absolute atomic E-state index is 12.4. The Balaban J connectivity index is 2.71. The molecule has 0 heterocycles.